The van der Waals surface area contributed by atoms with E-state index in [9.17, 15) is 0 Å². The summed E-state index contributed by atoms with van der Waals surface area (Å²) in [5, 5.41) is 4.78. The maximum absolute atomic E-state index is 5.09. The lowest BCUT2D eigenvalue weighted by molar-refractivity contribution is 1.17. The summed E-state index contributed by atoms with van der Waals surface area (Å²) in [7, 11) is 0. The minimum absolute atomic E-state index is 0.923. The van der Waals surface area contributed by atoms with Gasteiger partial charge in [0.1, 0.15) is 0 Å². The molecule has 0 amide bonds. The van der Waals surface area contributed by atoms with Crippen molar-refractivity contribution in [2.24, 2.45) is 0 Å². The third-order valence-electron chi connectivity index (χ3n) is 7.78. The fourth-order valence-electron chi connectivity index (χ4n) is 5.76. The third kappa shape index (κ3) is 4.05. The summed E-state index contributed by atoms with van der Waals surface area (Å²) in [6, 6.07) is 42.8. The summed E-state index contributed by atoms with van der Waals surface area (Å²) in [6.45, 7) is 0. The molecule has 0 aliphatic heterocycles. The Bertz CT molecular complexity index is 2140. The summed E-state index contributed by atoms with van der Waals surface area (Å²) in [5.74, 6) is 0. The van der Waals surface area contributed by atoms with Gasteiger partial charge in [0.2, 0.25) is 0 Å². The average Bonchev–Trinajstić information content (AvgIpc) is 3.39. The van der Waals surface area contributed by atoms with Crippen LogP contribution in [0.2, 0.25) is 0 Å². The molecule has 4 aromatic carbocycles. The highest BCUT2D eigenvalue weighted by Gasteiger charge is 2.13. The molecule has 0 N–H and O–H groups in total. The predicted molar refractivity (Wildman–Crippen MR) is 168 cm³/mol. The van der Waals surface area contributed by atoms with Gasteiger partial charge in [-0.2, -0.15) is 0 Å². The number of benzene rings is 4. The van der Waals surface area contributed by atoms with E-state index in [1.165, 1.54) is 21.7 Å². The van der Waals surface area contributed by atoms with E-state index in [0.29, 0.717) is 0 Å². The normalized spacial score (nSPS) is 11.4. The molecule has 4 aromatic heterocycles. The molecule has 41 heavy (non-hydrogen) atoms. The quantitative estimate of drug-likeness (QED) is 0.231. The largest absolute Gasteiger partial charge is 0.309 e. The fraction of sp³-hybridized carbons (Fsp3) is 0. The van der Waals surface area contributed by atoms with E-state index in [1.807, 2.05) is 36.9 Å². The van der Waals surface area contributed by atoms with Crippen LogP contribution in [0.25, 0.3) is 71.9 Å². The topological polar surface area (TPSA) is 43.6 Å². The van der Waals surface area contributed by atoms with E-state index in [4.69, 9.17) is 4.98 Å². The Morgan fingerprint density at radius 3 is 1.98 bits per heavy atom. The lowest BCUT2D eigenvalue weighted by atomic mass is 9.99. The maximum Gasteiger partial charge on any atom is 0.0716 e. The monoisotopic (exact) mass is 524 g/mol. The minimum atomic E-state index is 0.923. The highest BCUT2D eigenvalue weighted by atomic mass is 15.0. The minimum Gasteiger partial charge on any atom is -0.309 e. The molecule has 4 nitrogen and oxygen atoms in total. The SMILES string of the molecule is c1ccc2cc(-c3cc(-c4ccc(-n5c6ccccc6c6cnccc65)cc4)cc(-c4ccncc4)n3)ccc2c1. The molecule has 4 heteroatoms. The van der Waals surface area contributed by atoms with Gasteiger partial charge in [-0.25, -0.2) is 4.98 Å². The lowest BCUT2D eigenvalue weighted by Crippen LogP contribution is -1.94. The van der Waals surface area contributed by atoms with Crippen LogP contribution < -0.4 is 0 Å². The van der Waals surface area contributed by atoms with E-state index in [1.54, 1.807) is 0 Å². The molecular formula is C37H24N4. The van der Waals surface area contributed by atoms with Gasteiger partial charge in [0.05, 0.1) is 22.4 Å². The van der Waals surface area contributed by atoms with Gasteiger partial charge in [-0.1, -0.05) is 66.7 Å². The smallest absolute Gasteiger partial charge is 0.0716 e. The van der Waals surface area contributed by atoms with Crippen LogP contribution in [-0.2, 0) is 0 Å². The molecule has 0 saturated carbocycles. The second-order valence-corrected chi connectivity index (χ2v) is 10.2. The van der Waals surface area contributed by atoms with Crippen molar-refractivity contribution in [3.63, 3.8) is 0 Å². The third-order valence-corrected chi connectivity index (χ3v) is 7.78. The zero-order valence-electron chi connectivity index (χ0n) is 22.1. The van der Waals surface area contributed by atoms with Crippen molar-refractivity contribution in [3.05, 3.63) is 146 Å². The summed E-state index contributed by atoms with van der Waals surface area (Å²) in [6.07, 6.45) is 7.44. The predicted octanol–water partition coefficient (Wildman–Crippen LogP) is 9.12. The molecule has 0 aliphatic carbocycles. The summed E-state index contributed by atoms with van der Waals surface area (Å²) in [4.78, 5) is 13.7. The van der Waals surface area contributed by atoms with Crippen molar-refractivity contribution >= 4 is 32.6 Å². The van der Waals surface area contributed by atoms with E-state index >= 15 is 0 Å². The fourth-order valence-corrected chi connectivity index (χ4v) is 5.76. The second kappa shape index (κ2) is 9.54. The molecule has 0 spiro atoms. The Hall–Kier alpha value is -5.61. The Balaban J connectivity index is 1.27. The van der Waals surface area contributed by atoms with Gasteiger partial charge < -0.3 is 4.57 Å². The van der Waals surface area contributed by atoms with Crippen LogP contribution in [0.15, 0.2) is 146 Å². The van der Waals surface area contributed by atoms with Crippen LogP contribution in [0.4, 0.5) is 0 Å². The van der Waals surface area contributed by atoms with Crippen molar-refractivity contribution in [1.82, 2.24) is 19.5 Å². The zero-order valence-corrected chi connectivity index (χ0v) is 22.1. The standard InChI is InChI=1S/C37H24N4/c1-2-6-28-21-29(10-9-25(28)5-1)35-23-30(22-34(40-35)27-15-18-38-19-16-27)26-11-13-31(14-12-26)41-36-8-4-3-7-32(36)33-24-39-20-17-37(33)41/h1-24H. The van der Waals surface area contributed by atoms with Crippen molar-refractivity contribution in [2.75, 3.05) is 0 Å². The maximum atomic E-state index is 5.09. The second-order valence-electron chi connectivity index (χ2n) is 10.2. The molecule has 0 radical (unpaired) electrons. The molecule has 0 aliphatic rings. The molecule has 0 unspecified atom stereocenters. The van der Waals surface area contributed by atoms with Crippen molar-refractivity contribution in [1.29, 1.82) is 0 Å². The van der Waals surface area contributed by atoms with Gasteiger partial charge in [-0.05, 0) is 76.5 Å². The van der Waals surface area contributed by atoms with Gasteiger partial charge in [-0.3, -0.25) is 9.97 Å². The molecule has 8 aromatic rings. The molecule has 0 saturated heterocycles. The van der Waals surface area contributed by atoms with Gasteiger partial charge in [0.25, 0.3) is 0 Å². The first-order valence-electron chi connectivity index (χ1n) is 13.7. The van der Waals surface area contributed by atoms with Crippen LogP contribution in [0, 0.1) is 0 Å². The van der Waals surface area contributed by atoms with E-state index in [-0.39, 0.29) is 0 Å². The average molecular weight is 525 g/mol. The number of aromatic nitrogens is 4. The van der Waals surface area contributed by atoms with Crippen molar-refractivity contribution in [2.45, 2.75) is 0 Å². The first-order valence-corrected chi connectivity index (χ1v) is 13.7. The number of pyridine rings is 3. The number of hydrogen-bond acceptors (Lipinski definition) is 3. The number of hydrogen-bond donors (Lipinski definition) is 0. The molecule has 0 fully saturated rings. The van der Waals surface area contributed by atoms with Crippen molar-refractivity contribution < 1.29 is 0 Å². The summed E-state index contributed by atoms with van der Waals surface area (Å²) in [5.41, 5.74) is 9.69. The molecule has 8 rings (SSSR count). The van der Waals surface area contributed by atoms with Crippen LogP contribution >= 0.6 is 0 Å². The summed E-state index contributed by atoms with van der Waals surface area (Å²) < 4.78 is 2.31. The van der Waals surface area contributed by atoms with E-state index in [2.05, 4.69) is 124 Å². The Morgan fingerprint density at radius 2 is 1.12 bits per heavy atom. The lowest BCUT2D eigenvalue weighted by Gasteiger charge is -2.12. The first kappa shape index (κ1) is 23.3. The van der Waals surface area contributed by atoms with Gasteiger partial charge in [-0.15, -0.1) is 0 Å². The molecule has 192 valence electrons. The molecule has 0 bridgehead atoms. The number of rotatable bonds is 4. The van der Waals surface area contributed by atoms with Crippen LogP contribution in [0.3, 0.4) is 0 Å². The summed E-state index contributed by atoms with van der Waals surface area (Å²) >= 11 is 0. The van der Waals surface area contributed by atoms with E-state index in [0.717, 1.165) is 50.2 Å². The highest BCUT2D eigenvalue weighted by molar-refractivity contribution is 6.08. The Morgan fingerprint density at radius 1 is 0.439 bits per heavy atom. The Kier molecular flexibility index (Phi) is 5.42. The number of fused-ring (bicyclic) bond motifs is 4. The molecule has 0 atom stereocenters. The van der Waals surface area contributed by atoms with E-state index < -0.39 is 0 Å². The number of para-hydroxylation sites is 1. The number of nitrogens with zero attached hydrogens (tertiary/aromatic N) is 4. The van der Waals surface area contributed by atoms with Gasteiger partial charge >= 0.3 is 0 Å². The van der Waals surface area contributed by atoms with Crippen molar-refractivity contribution in [3.8, 4) is 39.3 Å². The van der Waals surface area contributed by atoms with Crippen LogP contribution in [-0.4, -0.2) is 19.5 Å². The first-order chi connectivity index (χ1) is 20.3. The van der Waals surface area contributed by atoms with Crippen LogP contribution in [0.1, 0.15) is 0 Å². The van der Waals surface area contributed by atoms with Crippen LogP contribution in [0.5, 0.6) is 0 Å². The van der Waals surface area contributed by atoms with Gasteiger partial charge in [0.15, 0.2) is 0 Å². The molecular weight excluding hydrogens is 500 g/mol. The highest BCUT2D eigenvalue weighted by Crippen LogP contribution is 2.34. The zero-order chi connectivity index (χ0) is 27.2. The molecule has 4 heterocycles. The Labute approximate surface area is 237 Å². The van der Waals surface area contributed by atoms with Gasteiger partial charge in [0, 0.05) is 52.4 Å².